The molecule has 23 heavy (non-hydrogen) atoms. The van der Waals surface area contributed by atoms with Crippen LogP contribution >= 0.6 is 11.3 Å². The lowest BCUT2D eigenvalue weighted by Crippen LogP contribution is -2.59. The van der Waals surface area contributed by atoms with Crippen LogP contribution in [0, 0.1) is 0 Å². The van der Waals surface area contributed by atoms with Crippen molar-refractivity contribution in [1.82, 2.24) is 15.2 Å². The summed E-state index contributed by atoms with van der Waals surface area (Å²) in [6.07, 6.45) is 4.51. The fourth-order valence-electron chi connectivity index (χ4n) is 3.33. The van der Waals surface area contributed by atoms with Crippen LogP contribution in [0.25, 0.3) is 0 Å². The van der Waals surface area contributed by atoms with Gasteiger partial charge in [0.05, 0.1) is 0 Å². The number of aryl methyl sites for hydroxylation is 1. The Bertz CT molecular complexity index is 534. The van der Waals surface area contributed by atoms with Gasteiger partial charge in [-0.05, 0) is 32.4 Å². The number of piperazine rings is 1. The highest BCUT2D eigenvalue weighted by molar-refractivity contribution is 7.15. The Balaban J connectivity index is 1.60. The Morgan fingerprint density at radius 3 is 2.61 bits per heavy atom. The second-order valence-electron chi connectivity index (χ2n) is 6.19. The topological polar surface area (TPSA) is 57.7 Å². The summed E-state index contributed by atoms with van der Waals surface area (Å²) in [5.74, 6) is 0.162. The number of carbonyl (C=O) groups is 1. The van der Waals surface area contributed by atoms with Crippen molar-refractivity contribution in [1.29, 1.82) is 0 Å². The van der Waals surface area contributed by atoms with Crippen molar-refractivity contribution in [2.75, 3.05) is 51.3 Å². The minimum absolute atomic E-state index is 0.162. The first-order valence-electron chi connectivity index (χ1n) is 8.43. The summed E-state index contributed by atoms with van der Waals surface area (Å²) in [6, 6.07) is 0. The maximum Gasteiger partial charge on any atom is 0.255 e. The lowest BCUT2D eigenvalue weighted by molar-refractivity contribution is -0.158. The van der Waals surface area contributed by atoms with E-state index in [9.17, 15) is 4.79 Å². The summed E-state index contributed by atoms with van der Waals surface area (Å²) in [5, 5.41) is 4.38. The second kappa shape index (κ2) is 7.15. The quantitative estimate of drug-likeness (QED) is 0.892. The first kappa shape index (κ1) is 16.7. The normalized spacial score (nSPS) is 21.5. The third kappa shape index (κ3) is 3.36. The fourth-order valence-corrected chi connectivity index (χ4v) is 4.23. The summed E-state index contributed by atoms with van der Waals surface area (Å²) in [4.78, 5) is 23.0. The van der Waals surface area contributed by atoms with Gasteiger partial charge >= 0.3 is 0 Å². The van der Waals surface area contributed by atoms with Crippen molar-refractivity contribution in [3.8, 4) is 0 Å². The van der Waals surface area contributed by atoms with E-state index in [1.54, 1.807) is 18.4 Å². The second-order valence-corrected chi connectivity index (χ2v) is 7.28. The number of rotatable bonds is 4. The van der Waals surface area contributed by atoms with Crippen LogP contribution in [0.2, 0.25) is 0 Å². The number of amides is 1. The van der Waals surface area contributed by atoms with Gasteiger partial charge in [0.15, 0.2) is 5.13 Å². The van der Waals surface area contributed by atoms with Crippen molar-refractivity contribution in [3.63, 3.8) is 0 Å². The average Bonchev–Trinajstić information content (AvgIpc) is 3.11. The van der Waals surface area contributed by atoms with Crippen LogP contribution < -0.4 is 10.2 Å². The predicted molar refractivity (Wildman–Crippen MR) is 92.1 cm³/mol. The number of hydrogen-bond donors (Lipinski definition) is 1. The zero-order chi connectivity index (χ0) is 16.3. The maximum absolute atomic E-state index is 12.9. The van der Waals surface area contributed by atoms with Gasteiger partial charge in [0.2, 0.25) is 0 Å². The number of methoxy groups -OCH3 is 1. The Kier molecular flexibility index (Phi) is 5.18. The minimum Gasteiger partial charge on any atom is -0.368 e. The van der Waals surface area contributed by atoms with Crippen LogP contribution in [0.1, 0.15) is 24.6 Å². The van der Waals surface area contributed by atoms with Gasteiger partial charge in [-0.1, -0.05) is 6.92 Å². The molecule has 0 unspecified atom stereocenters. The summed E-state index contributed by atoms with van der Waals surface area (Å²) < 4.78 is 5.67. The third-order valence-electron chi connectivity index (χ3n) is 4.92. The Morgan fingerprint density at radius 1 is 1.35 bits per heavy atom. The maximum atomic E-state index is 12.9. The number of anilines is 1. The van der Waals surface area contributed by atoms with Gasteiger partial charge in [-0.2, -0.15) is 0 Å². The van der Waals surface area contributed by atoms with E-state index in [0.29, 0.717) is 0 Å². The van der Waals surface area contributed by atoms with Crippen molar-refractivity contribution in [3.05, 3.63) is 11.1 Å². The molecule has 1 aromatic heterocycles. The SMILES string of the molecule is CCc1cnc(N2CCN(C(=O)C3(OC)CCNCC3)CC2)s1. The van der Waals surface area contributed by atoms with Crippen LogP contribution in [-0.2, 0) is 16.0 Å². The monoisotopic (exact) mass is 338 g/mol. The number of ether oxygens (including phenoxy) is 1. The number of thiazole rings is 1. The van der Waals surface area contributed by atoms with Crippen LogP contribution in [-0.4, -0.2) is 67.8 Å². The number of piperidine rings is 1. The Morgan fingerprint density at radius 2 is 2.04 bits per heavy atom. The van der Waals surface area contributed by atoms with Crippen LogP contribution in [0.3, 0.4) is 0 Å². The van der Waals surface area contributed by atoms with Gasteiger partial charge in [0.25, 0.3) is 5.91 Å². The molecule has 0 spiro atoms. The summed E-state index contributed by atoms with van der Waals surface area (Å²) in [6.45, 7) is 7.03. The van der Waals surface area contributed by atoms with Gasteiger partial charge < -0.3 is 19.9 Å². The lowest BCUT2D eigenvalue weighted by atomic mass is 9.90. The lowest BCUT2D eigenvalue weighted by Gasteiger charge is -2.42. The molecule has 2 aliphatic rings. The average molecular weight is 338 g/mol. The van der Waals surface area contributed by atoms with Crippen molar-refractivity contribution < 1.29 is 9.53 Å². The molecule has 0 aromatic carbocycles. The molecule has 2 saturated heterocycles. The molecule has 0 aliphatic carbocycles. The van der Waals surface area contributed by atoms with Gasteiger partial charge in [0.1, 0.15) is 5.60 Å². The molecule has 0 radical (unpaired) electrons. The first-order valence-corrected chi connectivity index (χ1v) is 9.25. The van der Waals surface area contributed by atoms with Gasteiger partial charge in [-0.3, -0.25) is 4.79 Å². The van der Waals surface area contributed by atoms with Gasteiger partial charge in [-0.15, -0.1) is 11.3 Å². The number of hydrogen-bond acceptors (Lipinski definition) is 6. The summed E-state index contributed by atoms with van der Waals surface area (Å²) >= 11 is 1.76. The zero-order valence-corrected chi connectivity index (χ0v) is 14.8. The standard InChI is InChI=1S/C16H26N4O2S/c1-3-13-12-18-15(23-13)20-10-8-19(9-11-20)14(21)16(22-2)4-6-17-7-5-16/h12,17H,3-11H2,1-2H3. The van der Waals surface area contributed by atoms with Crippen LogP contribution in [0.5, 0.6) is 0 Å². The molecule has 2 aliphatic heterocycles. The van der Waals surface area contributed by atoms with E-state index in [-0.39, 0.29) is 5.91 Å². The van der Waals surface area contributed by atoms with E-state index in [4.69, 9.17) is 4.74 Å². The molecule has 3 heterocycles. The van der Waals surface area contributed by atoms with Crippen LogP contribution in [0.15, 0.2) is 6.20 Å². The molecule has 128 valence electrons. The molecule has 3 rings (SSSR count). The molecule has 1 N–H and O–H groups in total. The highest BCUT2D eigenvalue weighted by Gasteiger charge is 2.43. The van der Waals surface area contributed by atoms with Gasteiger partial charge in [-0.25, -0.2) is 4.98 Å². The molecule has 0 saturated carbocycles. The largest absolute Gasteiger partial charge is 0.368 e. The molecule has 2 fully saturated rings. The van der Waals surface area contributed by atoms with Crippen molar-refractivity contribution in [2.45, 2.75) is 31.8 Å². The van der Waals surface area contributed by atoms with E-state index in [1.165, 1.54) is 4.88 Å². The molecule has 1 amide bonds. The molecule has 6 nitrogen and oxygen atoms in total. The fraction of sp³-hybridized carbons (Fsp3) is 0.750. The van der Waals surface area contributed by atoms with E-state index in [0.717, 1.165) is 63.7 Å². The third-order valence-corrected chi connectivity index (χ3v) is 6.12. The smallest absolute Gasteiger partial charge is 0.255 e. The number of carbonyl (C=O) groups excluding carboxylic acids is 1. The van der Waals surface area contributed by atoms with E-state index in [1.807, 2.05) is 11.1 Å². The van der Waals surface area contributed by atoms with Gasteiger partial charge in [0, 0.05) is 44.4 Å². The molecular weight excluding hydrogens is 312 g/mol. The van der Waals surface area contributed by atoms with E-state index in [2.05, 4.69) is 22.1 Å². The minimum atomic E-state index is -0.621. The highest BCUT2D eigenvalue weighted by Crippen LogP contribution is 2.27. The summed E-state index contributed by atoms with van der Waals surface area (Å²) in [5.41, 5.74) is -0.621. The molecule has 0 atom stereocenters. The molecular formula is C16H26N4O2S. The Hall–Kier alpha value is -1.18. The number of aromatic nitrogens is 1. The summed E-state index contributed by atoms with van der Waals surface area (Å²) in [7, 11) is 1.67. The predicted octanol–water partition coefficient (Wildman–Crippen LogP) is 1.12. The number of nitrogens with zero attached hydrogens (tertiary/aromatic N) is 3. The Labute approximate surface area is 141 Å². The van der Waals surface area contributed by atoms with E-state index >= 15 is 0 Å². The highest BCUT2D eigenvalue weighted by atomic mass is 32.1. The molecule has 7 heteroatoms. The van der Waals surface area contributed by atoms with Crippen molar-refractivity contribution in [2.24, 2.45) is 0 Å². The number of nitrogens with one attached hydrogen (secondary N) is 1. The molecule has 0 bridgehead atoms. The van der Waals surface area contributed by atoms with Crippen molar-refractivity contribution >= 4 is 22.4 Å². The molecule has 1 aromatic rings. The zero-order valence-electron chi connectivity index (χ0n) is 14.0. The van der Waals surface area contributed by atoms with Crippen LogP contribution in [0.4, 0.5) is 5.13 Å². The van der Waals surface area contributed by atoms with E-state index < -0.39 is 5.60 Å². The first-order chi connectivity index (χ1) is 11.2.